The summed E-state index contributed by atoms with van der Waals surface area (Å²) in [7, 11) is 1.66. The average Bonchev–Trinajstić information content (AvgIpc) is 3.32. The van der Waals surface area contributed by atoms with Gasteiger partial charge in [0.15, 0.2) is 11.5 Å². The number of imidazole rings is 1. The van der Waals surface area contributed by atoms with E-state index in [1.807, 2.05) is 79.7 Å². The minimum Gasteiger partial charge on any atom is -0.493 e. The zero-order chi connectivity index (χ0) is 26.7. The molecule has 0 saturated carbocycles. The first-order valence-electron chi connectivity index (χ1n) is 13.3. The molecule has 1 amide bonds. The van der Waals surface area contributed by atoms with E-state index in [1.54, 1.807) is 7.11 Å². The summed E-state index contributed by atoms with van der Waals surface area (Å²) < 4.78 is 13.8. The molecule has 1 aromatic heterocycles. The largest absolute Gasteiger partial charge is 0.493 e. The van der Waals surface area contributed by atoms with Gasteiger partial charge in [0.1, 0.15) is 5.82 Å². The van der Waals surface area contributed by atoms with Crippen molar-refractivity contribution in [1.82, 2.24) is 14.9 Å². The molecular weight excluding hydrogens is 474 g/mol. The minimum atomic E-state index is -0.194. The van der Waals surface area contributed by atoms with Crippen LogP contribution in [0, 0.1) is 0 Å². The Kier molecular flexibility index (Phi) is 9.57. The molecule has 0 aliphatic carbocycles. The van der Waals surface area contributed by atoms with Gasteiger partial charge in [-0.3, -0.25) is 4.79 Å². The lowest BCUT2D eigenvalue weighted by Crippen LogP contribution is -2.29. The molecule has 0 bridgehead atoms. The number of benzene rings is 3. The molecule has 4 rings (SSSR count). The number of amides is 1. The smallest absolute Gasteiger partial charge is 0.220 e. The summed E-state index contributed by atoms with van der Waals surface area (Å²) in [6.07, 6.45) is 5.63. The van der Waals surface area contributed by atoms with Crippen LogP contribution in [0.3, 0.4) is 0 Å². The number of hydrogen-bond donors (Lipinski definition) is 1. The van der Waals surface area contributed by atoms with Crippen LogP contribution in [0.5, 0.6) is 11.5 Å². The fraction of sp³-hybridized carbons (Fsp3) is 0.312. The molecule has 38 heavy (non-hydrogen) atoms. The summed E-state index contributed by atoms with van der Waals surface area (Å²) in [5.41, 5.74) is 4.32. The molecule has 0 aliphatic heterocycles. The van der Waals surface area contributed by atoms with Crippen LogP contribution in [0.25, 0.3) is 11.0 Å². The van der Waals surface area contributed by atoms with Crippen molar-refractivity contribution in [2.24, 2.45) is 0 Å². The Balaban J connectivity index is 1.34. The van der Waals surface area contributed by atoms with Crippen LogP contribution in [0.15, 0.2) is 85.5 Å². The number of aryl methyl sites for hydroxylation is 2. The molecule has 198 valence electrons. The second kappa shape index (κ2) is 13.5. The van der Waals surface area contributed by atoms with Crippen molar-refractivity contribution >= 4 is 16.9 Å². The Bertz CT molecular complexity index is 1350. The van der Waals surface area contributed by atoms with Crippen molar-refractivity contribution in [2.45, 2.75) is 51.6 Å². The Morgan fingerprint density at radius 2 is 1.82 bits per heavy atom. The zero-order valence-corrected chi connectivity index (χ0v) is 22.4. The minimum absolute atomic E-state index is 0.0291. The number of methoxy groups -OCH3 is 1. The molecular formula is C32H37N3O3. The van der Waals surface area contributed by atoms with Crippen LogP contribution >= 0.6 is 0 Å². The number of carbonyl (C=O) groups is 1. The third-order valence-corrected chi connectivity index (χ3v) is 6.57. The van der Waals surface area contributed by atoms with Gasteiger partial charge in [-0.1, -0.05) is 54.6 Å². The fourth-order valence-electron chi connectivity index (χ4n) is 4.62. The first-order chi connectivity index (χ1) is 18.6. The van der Waals surface area contributed by atoms with Crippen LogP contribution in [0.4, 0.5) is 0 Å². The van der Waals surface area contributed by atoms with Crippen molar-refractivity contribution in [2.75, 3.05) is 13.7 Å². The van der Waals surface area contributed by atoms with Gasteiger partial charge in [0, 0.05) is 13.0 Å². The van der Waals surface area contributed by atoms with Gasteiger partial charge in [-0.2, -0.15) is 0 Å². The molecule has 1 unspecified atom stereocenters. The van der Waals surface area contributed by atoms with Gasteiger partial charge in [-0.15, -0.1) is 6.58 Å². The van der Waals surface area contributed by atoms with E-state index in [9.17, 15) is 4.79 Å². The third-order valence-electron chi connectivity index (χ3n) is 6.57. The molecule has 0 spiro atoms. The van der Waals surface area contributed by atoms with Gasteiger partial charge in [0.05, 0.1) is 30.8 Å². The van der Waals surface area contributed by atoms with Crippen LogP contribution in [-0.4, -0.2) is 29.2 Å². The van der Waals surface area contributed by atoms with E-state index in [1.165, 1.54) is 0 Å². The molecule has 0 fully saturated rings. The molecule has 1 heterocycles. The van der Waals surface area contributed by atoms with Crippen molar-refractivity contribution in [3.05, 3.63) is 102 Å². The van der Waals surface area contributed by atoms with E-state index in [2.05, 4.69) is 22.5 Å². The number of ether oxygens (including phenoxy) is 2. The highest BCUT2D eigenvalue weighted by Crippen LogP contribution is 2.29. The quantitative estimate of drug-likeness (QED) is 0.156. The summed E-state index contributed by atoms with van der Waals surface area (Å²) in [5, 5.41) is 3.15. The lowest BCUT2D eigenvalue weighted by atomic mass is 10.1. The van der Waals surface area contributed by atoms with Crippen molar-refractivity contribution in [3.63, 3.8) is 0 Å². The lowest BCUT2D eigenvalue weighted by molar-refractivity contribution is -0.121. The molecule has 1 N–H and O–H groups in total. The number of para-hydroxylation sites is 2. The summed E-state index contributed by atoms with van der Waals surface area (Å²) >= 11 is 0. The number of carbonyl (C=O) groups excluding carboxylic acids is 1. The van der Waals surface area contributed by atoms with E-state index in [0.29, 0.717) is 13.0 Å². The Morgan fingerprint density at radius 3 is 2.61 bits per heavy atom. The first kappa shape index (κ1) is 27.0. The van der Waals surface area contributed by atoms with Crippen molar-refractivity contribution in [1.29, 1.82) is 0 Å². The molecule has 6 heteroatoms. The van der Waals surface area contributed by atoms with E-state index in [-0.39, 0.29) is 11.9 Å². The zero-order valence-electron chi connectivity index (χ0n) is 22.4. The number of allylic oxidation sites excluding steroid dienone is 1. The molecule has 4 aromatic rings. The first-order valence-corrected chi connectivity index (χ1v) is 13.3. The number of aromatic nitrogens is 2. The topological polar surface area (TPSA) is 65.4 Å². The van der Waals surface area contributed by atoms with Crippen molar-refractivity contribution < 1.29 is 14.3 Å². The van der Waals surface area contributed by atoms with Gasteiger partial charge < -0.3 is 19.4 Å². The van der Waals surface area contributed by atoms with Crippen LogP contribution in [0.1, 0.15) is 49.2 Å². The highest BCUT2D eigenvalue weighted by Gasteiger charge is 2.18. The standard InChI is InChI=1S/C32H37N3O3/c1-4-12-26-17-19-29(30(23-26)37-3)38-22-11-10-21-35-28-16-9-8-15-27(28)34-32(35)24(2)33-31(36)20-18-25-13-6-5-7-14-25/h4-9,13-17,19,23-24H,1,10-12,18,20-22H2,2-3H3,(H,33,36). The maximum atomic E-state index is 12.7. The molecule has 6 nitrogen and oxygen atoms in total. The number of nitrogens with one attached hydrogen (secondary N) is 1. The maximum Gasteiger partial charge on any atom is 0.220 e. The molecule has 0 aliphatic rings. The molecule has 1 atom stereocenters. The Morgan fingerprint density at radius 1 is 1.03 bits per heavy atom. The Labute approximate surface area is 225 Å². The van der Waals surface area contributed by atoms with Gasteiger partial charge >= 0.3 is 0 Å². The van der Waals surface area contributed by atoms with Gasteiger partial charge in [0.2, 0.25) is 5.91 Å². The number of hydrogen-bond acceptors (Lipinski definition) is 4. The predicted octanol–water partition coefficient (Wildman–Crippen LogP) is 6.44. The summed E-state index contributed by atoms with van der Waals surface area (Å²) in [5.74, 6) is 2.39. The normalized spacial score (nSPS) is 11.7. The SMILES string of the molecule is C=CCc1ccc(OCCCCn2c(C(C)NC(=O)CCc3ccccc3)nc3ccccc32)c(OC)c1. The summed E-state index contributed by atoms with van der Waals surface area (Å²) in [4.78, 5) is 17.6. The fourth-order valence-corrected chi connectivity index (χ4v) is 4.62. The van der Waals surface area contributed by atoms with E-state index < -0.39 is 0 Å². The Hall–Kier alpha value is -4.06. The highest BCUT2D eigenvalue weighted by atomic mass is 16.5. The van der Waals surface area contributed by atoms with Crippen LogP contribution < -0.4 is 14.8 Å². The summed E-state index contributed by atoms with van der Waals surface area (Å²) in [6, 6.07) is 24.0. The molecule has 0 radical (unpaired) electrons. The van der Waals surface area contributed by atoms with Crippen LogP contribution in [-0.2, 0) is 24.2 Å². The van der Waals surface area contributed by atoms with Gasteiger partial charge in [-0.25, -0.2) is 4.98 Å². The van der Waals surface area contributed by atoms with Gasteiger partial charge in [0.25, 0.3) is 0 Å². The third kappa shape index (κ3) is 7.03. The second-order valence-corrected chi connectivity index (χ2v) is 9.42. The predicted molar refractivity (Wildman–Crippen MR) is 153 cm³/mol. The average molecular weight is 512 g/mol. The van der Waals surface area contributed by atoms with E-state index in [4.69, 9.17) is 14.5 Å². The summed E-state index contributed by atoms with van der Waals surface area (Å²) in [6.45, 7) is 7.18. The number of rotatable bonds is 14. The van der Waals surface area contributed by atoms with Crippen molar-refractivity contribution in [3.8, 4) is 11.5 Å². The van der Waals surface area contributed by atoms with E-state index >= 15 is 0 Å². The lowest BCUT2D eigenvalue weighted by Gasteiger charge is -2.17. The van der Waals surface area contributed by atoms with E-state index in [0.717, 1.165) is 71.7 Å². The second-order valence-electron chi connectivity index (χ2n) is 9.42. The highest BCUT2D eigenvalue weighted by molar-refractivity contribution is 5.78. The number of fused-ring (bicyclic) bond motifs is 1. The molecule has 0 saturated heterocycles. The number of nitrogens with zero attached hydrogens (tertiary/aromatic N) is 2. The maximum absolute atomic E-state index is 12.7. The number of unbranched alkanes of at least 4 members (excludes halogenated alkanes) is 1. The van der Waals surface area contributed by atoms with Crippen LogP contribution in [0.2, 0.25) is 0 Å². The van der Waals surface area contributed by atoms with Gasteiger partial charge in [-0.05, 0) is 68.0 Å². The monoisotopic (exact) mass is 511 g/mol. The molecule has 3 aromatic carbocycles.